The molecular weight excluding hydrogens is 248 g/mol. The van der Waals surface area contributed by atoms with Crippen LogP contribution in [-0.2, 0) is 9.84 Å². The molecule has 0 amide bonds. The van der Waals surface area contributed by atoms with Gasteiger partial charge in [-0.1, -0.05) is 20.8 Å². The highest BCUT2D eigenvalue weighted by molar-refractivity contribution is 7.90. The molecule has 18 heavy (non-hydrogen) atoms. The van der Waals surface area contributed by atoms with Gasteiger partial charge in [-0.3, -0.25) is 4.90 Å². The second-order valence-corrected chi connectivity index (χ2v) is 8.18. The second kappa shape index (κ2) is 6.87. The molecule has 1 rings (SSSR count). The van der Waals surface area contributed by atoms with Gasteiger partial charge in [-0.25, -0.2) is 8.42 Å². The van der Waals surface area contributed by atoms with Crippen molar-refractivity contribution in [1.82, 2.24) is 10.2 Å². The molecule has 0 radical (unpaired) electrons. The molecule has 0 aromatic carbocycles. The average molecular weight is 276 g/mol. The summed E-state index contributed by atoms with van der Waals surface area (Å²) in [5.41, 5.74) is 0. The lowest BCUT2D eigenvalue weighted by Gasteiger charge is -2.40. The zero-order valence-corrected chi connectivity index (χ0v) is 13.0. The van der Waals surface area contributed by atoms with Gasteiger partial charge in [0.1, 0.15) is 9.84 Å². The number of nitrogens with one attached hydrogen (secondary N) is 1. The van der Waals surface area contributed by atoms with Crippen molar-refractivity contribution in [2.24, 2.45) is 5.92 Å². The number of rotatable bonds is 6. The van der Waals surface area contributed by atoms with E-state index in [0.29, 0.717) is 24.5 Å². The highest BCUT2D eigenvalue weighted by atomic mass is 32.2. The minimum Gasteiger partial charge on any atom is -0.311 e. The third-order valence-electron chi connectivity index (χ3n) is 3.59. The summed E-state index contributed by atoms with van der Waals surface area (Å²) in [5, 5.41) is 3.59. The van der Waals surface area contributed by atoms with Crippen molar-refractivity contribution in [3.05, 3.63) is 0 Å². The summed E-state index contributed by atoms with van der Waals surface area (Å²) in [6.07, 6.45) is 3.55. The van der Waals surface area contributed by atoms with Gasteiger partial charge in [-0.15, -0.1) is 0 Å². The van der Waals surface area contributed by atoms with Crippen molar-refractivity contribution in [2.75, 3.05) is 31.6 Å². The highest BCUT2D eigenvalue weighted by Gasteiger charge is 2.27. The van der Waals surface area contributed by atoms with Crippen molar-refractivity contribution in [3.8, 4) is 0 Å². The molecule has 1 N–H and O–H groups in total. The lowest BCUT2D eigenvalue weighted by Crippen LogP contribution is -2.57. The predicted molar refractivity (Wildman–Crippen MR) is 76.6 cm³/mol. The van der Waals surface area contributed by atoms with Crippen LogP contribution < -0.4 is 5.32 Å². The summed E-state index contributed by atoms with van der Waals surface area (Å²) in [4.78, 5) is 2.35. The number of piperazine rings is 1. The van der Waals surface area contributed by atoms with Gasteiger partial charge >= 0.3 is 0 Å². The molecule has 0 bridgehead atoms. The molecule has 0 spiro atoms. The third kappa shape index (κ3) is 5.67. The van der Waals surface area contributed by atoms with Gasteiger partial charge in [0.15, 0.2) is 0 Å². The molecule has 1 aliphatic heterocycles. The topological polar surface area (TPSA) is 49.4 Å². The van der Waals surface area contributed by atoms with E-state index < -0.39 is 9.84 Å². The molecule has 4 nitrogen and oxygen atoms in total. The lowest BCUT2D eigenvalue weighted by molar-refractivity contribution is 0.126. The molecule has 0 aliphatic carbocycles. The van der Waals surface area contributed by atoms with Crippen LogP contribution in [0.1, 0.15) is 33.6 Å². The fourth-order valence-electron chi connectivity index (χ4n) is 2.61. The van der Waals surface area contributed by atoms with Crippen molar-refractivity contribution in [1.29, 1.82) is 0 Å². The standard InChI is InChI=1S/C13H28N2O2S/c1-5-13-9-14-12(8-11(2)3)10-15(13)6-7-18(4,16)17/h11-14H,5-10H2,1-4H3. The van der Waals surface area contributed by atoms with Crippen LogP contribution in [0, 0.1) is 5.92 Å². The number of nitrogens with zero attached hydrogens (tertiary/aromatic N) is 1. The van der Waals surface area contributed by atoms with E-state index in [4.69, 9.17) is 0 Å². The molecule has 108 valence electrons. The monoisotopic (exact) mass is 276 g/mol. The minimum atomic E-state index is -2.86. The van der Waals surface area contributed by atoms with Crippen LogP contribution >= 0.6 is 0 Å². The fraction of sp³-hybridized carbons (Fsp3) is 1.00. The summed E-state index contributed by atoms with van der Waals surface area (Å²) in [6.45, 7) is 9.27. The Kier molecular flexibility index (Phi) is 6.08. The van der Waals surface area contributed by atoms with E-state index in [0.717, 1.165) is 25.9 Å². The molecule has 1 fully saturated rings. The molecule has 0 aromatic heterocycles. The minimum absolute atomic E-state index is 0.276. The summed E-state index contributed by atoms with van der Waals surface area (Å²) in [5.74, 6) is 0.954. The van der Waals surface area contributed by atoms with E-state index in [2.05, 4.69) is 31.0 Å². The summed E-state index contributed by atoms with van der Waals surface area (Å²) in [7, 11) is -2.86. The number of hydrogen-bond acceptors (Lipinski definition) is 4. The first-order valence-electron chi connectivity index (χ1n) is 6.97. The largest absolute Gasteiger partial charge is 0.311 e. The van der Waals surface area contributed by atoms with Gasteiger partial charge in [0.05, 0.1) is 5.75 Å². The highest BCUT2D eigenvalue weighted by Crippen LogP contribution is 2.15. The van der Waals surface area contributed by atoms with Crippen LogP contribution in [0.25, 0.3) is 0 Å². The third-order valence-corrected chi connectivity index (χ3v) is 4.51. The van der Waals surface area contributed by atoms with Gasteiger partial charge in [-0.2, -0.15) is 0 Å². The zero-order chi connectivity index (χ0) is 13.8. The first-order valence-corrected chi connectivity index (χ1v) is 9.03. The van der Waals surface area contributed by atoms with Crippen LogP contribution in [0.5, 0.6) is 0 Å². The van der Waals surface area contributed by atoms with E-state index >= 15 is 0 Å². The van der Waals surface area contributed by atoms with Crippen LogP contribution in [0.2, 0.25) is 0 Å². The second-order valence-electron chi connectivity index (χ2n) is 5.92. The number of hydrogen-bond donors (Lipinski definition) is 1. The number of sulfone groups is 1. The van der Waals surface area contributed by atoms with Gasteiger partial charge in [-0.05, 0) is 18.8 Å². The Bertz CT molecular complexity index is 341. The van der Waals surface area contributed by atoms with E-state index in [1.165, 1.54) is 6.26 Å². The maximum Gasteiger partial charge on any atom is 0.148 e. The Hall–Kier alpha value is -0.130. The van der Waals surface area contributed by atoms with Crippen LogP contribution in [-0.4, -0.2) is 57.0 Å². The molecule has 0 saturated carbocycles. The molecule has 0 aromatic rings. The zero-order valence-electron chi connectivity index (χ0n) is 12.1. The first-order chi connectivity index (χ1) is 8.31. The van der Waals surface area contributed by atoms with Crippen molar-refractivity contribution in [3.63, 3.8) is 0 Å². The van der Waals surface area contributed by atoms with Crippen LogP contribution in [0.3, 0.4) is 0 Å². The van der Waals surface area contributed by atoms with Crippen LogP contribution in [0.4, 0.5) is 0 Å². The van der Waals surface area contributed by atoms with Crippen molar-refractivity contribution < 1.29 is 8.42 Å². The molecule has 2 atom stereocenters. The molecule has 1 aliphatic rings. The summed E-state index contributed by atoms with van der Waals surface area (Å²) in [6, 6.07) is 0.988. The lowest BCUT2D eigenvalue weighted by atomic mass is 9.99. The van der Waals surface area contributed by atoms with Gasteiger partial charge < -0.3 is 5.32 Å². The average Bonchev–Trinajstić information content (AvgIpc) is 2.25. The van der Waals surface area contributed by atoms with Gasteiger partial charge in [0.2, 0.25) is 0 Å². The smallest absolute Gasteiger partial charge is 0.148 e. The maximum absolute atomic E-state index is 11.3. The first kappa shape index (κ1) is 15.9. The Morgan fingerprint density at radius 3 is 2.56 bits per heavy atom. The van der Waals surface area contributed by atoms with Crippen molar-refractivity contribution >= 4 is 9.84 Å². The van der Waals surface area contributed by atoms with Crippen molar-refractivity contribution in [2.45, 2.75) is 45.7 Å². The molecule has 1 heterocycles. The Morgan fingerprint density at radius 1 is 1.39 bits per heavy atom. The normalized spacial score (nSPS) is 26.7. The molecule has 2 unspecified atom stereocenters. The predicted octanol–water partition coefficient (Wildman–Crippen LogP) is 1.13. The maximum atomic E-state index is 11.3. The summed E-state index contributed by atoms with van der Waals surface area (Å²) >= 11 is 0. The SMILES string of the molecule is CCC1CNC(CC(C)C)CN1CCS(C)(=O)=O. The quantitative estimate of drug-likeness (QED) is 0.790. The van der Waals surface area contributed by atoms with E-state index in [1.54, 1.807) is 0 Å². The van der Waals surface area contributed by atoms with Crippen LogP contribution in [0.15, 0.2) is 0 Å². The Balaban J connectivity index is 2.53. The fourth-order valence-corrected chi connectivity index (χ4v) is 3.18. The van der Waals surface area contributed by atoms with E-state index in [9.17, 15) is 8.42 Å². The molecule has 5 heteroatoms. The van der Waals surface area contributed by atoms with E-state index in [1.807, 2.05) is 0 Å². The Morgan fingerprint density at radius 2 is 2.06 bits per heavy atom. The van der Waals surface area contributed by atoms with Gasteiger partial charge in [0, 0.05) is 38.0 Å². The van der Waals surface area contributed by atoms with Gasteiger partial charge in [0.25, 0.3) is 0 Å². The molecular formula is C13H28N2O2S. The summed E-state index contributed by atoms with van der Waals surface area (Å²) < 4.78 is 22.6. The molecule has 1 saturated heterocycles. The van der Waals surface area contributed by atoms with E-state index in [-0.39, 0.29) is 5.75 Å². The Labute approximate surface area is 112 Å².